The molecule has 0 aromatic rings. The van der Waals surface area contributed by atoms with E-state index in [0.717, 1.165) is 12.8 Å². The van der Waals surface area contributed by atoms with Gasteiger partial charge in [-0.05, 0) is 12.8 Å². The third kappa shape index (κ3) is 4.60. The van der Waals surface area contributed by atoms with Crippen LogP contribution in [-0.4, -0.2) is 54.4 Å². The van der Waals surface area contributed by atoms with Crippen LogP contribution in [0.1, 0.15) is 26.2 Å². The number of nitrogens with one attached hydrogen (secondary N) is 1. The van der Waals surface area contributed by atoms with E-state index >= 15 is 0 Å². The topological polar surface area (TPSA) is 78.9 Å². The molecule has 17 heavy (non-hydrogen) atoms. The van der Waals surface area contributed by atoms with Gasteiger partial charge in [0.15, 0.2) is 0 Å². The number of ether oxygens (including phenoxy) is 1. The smallest absolute Gasteiger partial charge is 0.409 e. The van der Waals surface area contributed by atoms with Crippen LogP contribution in [0.15, 0.2) is 0 Å². The molecule has 6 heteroatoms. The van der Waals surface area contributed by atoms with Gasteiger partial charge in [-0.25, -0.2) is 4.79 Å². The van der Waals surface area contributed by atoms with Crippen LogP contribution in [0.2, 0.25) is 0 Å². The minimum Gasteiger partial charge on any atom is -0.447 e. The van der Waals surface area contributed by atoms with E-state index in [9.17, 15) is 9.59 Å². The molecule has 1 aliphatic heterocycles. The van der Waals surface area contributed by atoms with Crippen molar-refractivity contribution < 1.29 is 19.4 Å². The van der Waals surface area contributed by atoms with Crippen molar-refractivity contribution >= 4 is 12.0 Å². The first-order chi connectivity index (χ1) is 8.17. The van der Waals surface area contributed by atoms with Crippen LogP contribution in [0.5, 0.6) is 0 Å². The second-order valence-electron chi connectivity index (χ2n) is 4.02. The number of likely N-dealkylation sites (tertiary alicyclic amines) is 1. The Bertz CT molecular complexity index is 262. The highest BCUT2D eigenvalue weighted by Crippen LogP contribution is 2.11. The number of hydrogen-bond donors (Lipinski definition) is 2. The van der Waals surface area contributed by atoms with E-state index in [2.05, 4.69) is 5.32 Å². The highest BCUT2D eigenvalue weighted by atomic mass is 16.6. The molecule has 2 amide bonds. The van der Waals surface area contributed by atoms with Crippen LogP contribution in [0, 0.1) is 0 Å². The van der Waals surface area contributed by atoms with Crippen LogP contribution in [0.25, 0.3) is 0 Å². The summed E-state index contributed by atoms with van der Waals surface area (Å²) >= 11 is 0. The van der Waals surface area contributed by atoms with E-state index in [1.54, 1.807) is 4.90 Å². The van der Waals surface area contributed by atoms with Crippen molar-refractivity contribution in [1.29, 1.82) is 0 Å². The summed E-state index contributed by atoms with van der Waals surface area (Å²) in [6.45, 7) is 2.86. The summed E-state index contributed by atoms with van der Waals surface area (Å²) in [5.41, 5.74) is 0. The van der Waals surface area contributed by atoms with Crippen molar-refractivity contribution in [2.24, 2.45) is 0 Å². The van der Waals surface area contributed by atoms with Gasteiger partial charge in [-0.3, -0.25) is 4.79 Å². The van der Waals surface area contributed by atoms with Crippen molar-refractivity contribution in [3.8, 4) is 0 Å². The summed E-state index contributed by atoms with van der Waals surface area (Å²) in [6.07, 6.45) is 1.60. The zero-order chi connectivity index (χ0) is 12.7. The molecule has 1 rings (SSSR count). The molecule has 1 aliphatic rings. The van der Waals surface area contributed by atoms with Crippen LogP contribution in [-0.2, 0) is 9.53 Å². The van der Waals surface area contributed by atoms with Crippen LogP contribution in [0.3, 0.4) is 0 Å². The van der Waals surface area contributed by atoms with Gasteiger partial charge in [0.1, 0.15) is 6.61 Å². The van der Waals surface area contributed by atoms with Gasteiger partial charge in [0, 0.05) is 25.6 Å². The Hall–Kier alpha value is -1.30. The zero-order valence-electron chi connectivity index (χ0n) is 10.1. The van der Waals surface area contributed by atoms with Crippen LogP contribution in [0.4, 0.5) is 4.79 Å². The molecule has 0 atom stereocenters. The summed E-state index contributed by atoms with van der Waals surface area (Å²) in [7, 11) is 0. The Morgan fingerprint density at radius 2 is 2.06 bits per heavy atom. The highest BCUT2D eigenvalue weighted by molar-refractivity contribution is 5.75. The molecule has 0 unspecified atom stereocenters. The largest absolute Gasteiger partial charge is 0.447 e. The summed E-state index contributed by atoms with van der Waals surface area (Å²) in [6, 6.07) is 0.157. The Labute approximate surface area is 101 Å². The predicted molar refractivity (Wildman–Crippen MR) is 61.5 cm³/mol. The maximum Gasteiger partial charge on any atom is 0.409 e. The van der Waals surface area contributed by atoms with E-state index in [1.807, 2.05) is 6.92 Å². The fourth-order valence-electron chi connectivity index (χ4n) is 1.76. The van der Waals surface area contributed by atoms with Crippen molar-refractivity contribution in [3.63, 3.8) is 0 Å². The Morgan fingerprint density at radius 1 is 1.41 bits per heavy atom. The first kappa shape index (κ1) is 13.8. The lowest BCUT2D eigenvalue weighted by Gasteiger charge is -2.31. The number of carbonyl (C=O) groups is 2. The zero-order valence-corrected chi connectivity index (χ0v) is 10.1. The lowest BCUT2D eigenvalue weighted by Crippen LogP contribution is -2.46. The van der Waals surface area contributed by atoms with E-state index < -0.39 is 0 Å². The molecule has 1 heterocycles. The summed E-state index contributed by atoms with van der Waals surface area (Å²) in [5, 5.41) is 11.5. The standard InChI is InChI=1S/C11H20N2O4/c1-2-10(15)12-9-3-5-13(6-4-9)11(16)17-8-7-14/h9,14H,2-8H2,1H3,(H,12,15). The van der Waals surface area contributed by atoms with Gasteiger partial charge in [-0.2, -0.15) is 0 Å². The minimum absolute atomic E-state index is 0.0331. The van der Waals surface area contributed by atoms with Gasteiger partial charge >= 0.3 is 6.09 Å². The molecule has 1 saturated heterocycles. The number of aliphatic hydroxyl groups is 1. The van der Waals surface area contributed by atoms with Gasteiger partial charge in [0.05, 0.1) is 6.61 Å². The number of rotatable bonds is 4. The quantitative estimate of drug-likeness (QED) is 0.735. The summed E-state index contributed by atoms with van der Waals surface area (Å²) < 4.78 is 4.82. The first-order valence-electron chi connectivity index (χ1n) is 5.99. The molecule has 0 saturated carbocycles. The van der Waals surface area contributed by atoms with Crippen molar-refractivity contribution in [1.82, 2.24) is 10.2 Å². The third-order valence-electron chi connectivity index (χ3n) is 2.76. The van der Waals surface area contributed by atoms with Crippen molar-refractivity contribution in [2.45, 2.75) is 32.2 Å². The molecular formula is C11H20N2O4. The molecule has 2 N–H and O–H groups in total. The average Bonchev–Trinajstić information content (AvgIpc) is 2.36. The fraction of sp³-hybridized carbons (Fsp3) is 0.818. The number of amides is 2. The van der Waals surface area contributed by atoms with E-state index in [-0.39, 0.29) is 31.3 Å². The van der Waals surface area contributed by atoms with E-state index in [4.69, 9.17) is 9.84 Å². The van der Waals surface area contributed by atoms with Gasteiger partial charge < -0.3 is 20.1 Å². The monoisotopic (exact) mass is 244 g/mol. The second kappa shape index (κ2) is 7.11. The number of hydrogen-bond acceptors (Lipinski definition) is 4. The minimum atomic E-state index is -0.390. The summed E-state index contributed by atoms with van der Waals surface area (Å²) in [5.74, 6) is 0.0475. The van der Waals surface area contributed by atoms with Crippen molar-refractivity contribution in [3.05, 3.63) is 0 Å². The molecule has 0 radical (unpaired) electrons. The molecule has 1 fully saturated rings. The molecule has 0 spiro atoms. The molecule has 6 nitrogen and oxygen atoms in total. The van der Waals surface area contributed by atoms with Crippen LogP contribution < -0.4 is 5.32 Å². The molecule has 98 valence electrons. The number of nitrogens with zero attached hydrogens (tertiary/aromatic N) is 1. The maximum absolute atomic E-state index is 11.4. The lowest BCUT2D eigenvalue weighted by atomic mass is 10.1. The normalized spacial score (nSPS) is 16.7. The Morgan fingerprint density at radius 3 is 2.59 bits per heavy atom. The SMILES string of the molecule is CCC(=O)NC1CCN(C(=O)OCCO)CC1. The van der Waals surface area contributed by atoms with Crippen LogP contribution >= 0.6 is 0 Å². The second-order valence-corrected chi connectivity index (χ2v) is 4.02. The first-order valence-corrected chi connectivity index (χ1v) is 5.99. The molecule has 0 aliphatic carbocycles. The highest BCUT2D eigenvalue weighted by Gasteiger charge is 2.24. The maximum atomic E-state index is 11.4. The van der Waals surface area contributed by atoms with Gasteiger partial charge in [0.25, 0.3) is 0 Å². The fourth-order valence-corrected chi connectivity index (χ4v) is 1.76. The third-order valence-corrected chi connectivity index (χ3v) is 2.76. The molecule has 0 aromatic heterocycles. The summed E-state index contributed by atoms with van der Waals surface area (Å²) in [4.78, 5) is 24.2. The van der Waals surface area contributed by atoms with Gasteiger partial charge in [-0.1, -0.05) is 6.92 Å². The Kier molecular flexibility index (Phi) is 5.76. The van der Waals surface area contributed by atoms with Crippen molar-refractivity contribution in [2.75, 3.05) is 26.3 Å². The number of aliphatic hydroxyl groups excluding tert-OH is 1. The van der Waals surface area contributed by atoms with Gasteiger partial charge in [0.2, 0.25) is 5.91 Å². The lowest BCUT2D eigenvalue weighted by molar-refractivity contribution is -0.121. The van der Waals surface area contributed by atoms with E-state index in [1.165, 1.54) is 0 Å². The molecule has 0 bridgehead atoms. The Balaban J connectivity index is 2.25. The molecule has 0 aromatic carbocycles. The number of carbonyl (C=O) groups excluding carboxylic acids is 2. The molecular weight excluding hydrogens is 224 g/mol. The number of piperidine rings is 1. The predicted octanol–water partition coefficient (Wildman–Crippen LogP) is 0.106. The van der Waals surface area contributed by atoms with E-state index in [0.29, 0.717) is 19.5 Å². The van der Waals surface area contributed by atoms with Gasteiger partial charge in [-0.15, -0.1) is 0 Å². The average molecular weight is 244 g/mol.